The van der Waals surface area contributed by atoms with E-state index in [4.69, 9.17) is 15.1 Å². The highest BCUT2D eigenvalue weighted by Crippen LogP contribution is 2.46. The van der Waals surface area contributed by atoms with E-state index < -0.39 is 6.10 Å². The molecule has 10 nitrogen and oxygen atoms in total. The Morgan fingerprint density at radius 1 is 1.03 bits per heavy atom. The van der Waals surface area contributed by atoms with E-state index in [1.165, 1.54) is 12.0 Å². The molecule has 0 bridgehead atoms. The molecule has 6 rings (SSSR count). The van der Waals surface area contributed by atoms with Crippen LogP contribution in [0.15, 0.2) is 30.6 Å². The Bertz CT molecular complexity index is 1200. The lowest BCUT2D eigenvalue weighted by Crippen LogP contribution is -2.46. The SMILES string of the molecule is CC(O)c1cc2cnc(Nc3ccc(CN4CCN(CCO)CC4)cn3)nc2c(N2CC3CC3C2)n1. The first-order valence-electron chi connectivity index (χ1n) is 12.9. The summed E-state index contributed by atoms with van der Waals surface area (Å²) in [6.45, 7) is 9.55. The maximum Gasteiger partial charge on any atom is 0.229 e. The first kappa shape index (κ1) is 23.5. The van der Waals surface area contributed by atoms with Crippen LogP contribution in [0, 0.1) is 11.8 Å². The summed E-state index contributed by atoms with van der Waals surface area (Å²) in [5.41, 5.74) is 2.62. The second kappa shape index (κ2) is 9.85. The van der Waals surface area contributed by atoms with Gasteiger partial charge in [-0.3, -0.25) is 9.80 Å². The topological polar surface area (TPSA) is 114 Å². The van der Waals surface area contributed by atoms with Gasteiger partial charge in [-0.25, -0.2) is 19.9 Å². The Morgan fingerprint density at radius 2 is 1.81 bits per heavy atom. The van der Waals surface area contributed by atoms with E-state index >= 15 is 0 Å². The number of piperazine rings is 1. The number of aliphatic hydroxyl groups is 2. The highest BCUT2D eigenvalue weighted by Gasteiger charge is 2.46. The first-order chi connectivity index (χ1) is 17.6. The predicted molar refractivity (Wildman–Crippen MR) is 138 cm³/mol. The van der Waals surface area contributed by atoms with Gasteiger partial charge in [0.05, 0.1) is 18.4 Å². The molecule has 10 heteroatoms. The molecule has 1 aliphatic carbocycles. The van der Waals surface area contributed by atoms with E-state index in [-0.39, 0.29) is 6.61 Å². The van der Waals surface area contributed by atoms with E-state index in [0.29, 0.717) is 17.5 Å². The van der Waals surface area contributed by atoms with Crippen molar-refractivity contribution in [3.8, 4) is 0 Å². The number of nitrogens with one attached hydrogen (secondary N) is 1. The summed E-state index contributed by atoms with van der Waals surface area (Å²) < 4.78 is 0. The Labute approximate surface area is 211 Å². The van der Waals surface area contributed by atoms with Crippen LogP contribution in [0.25, 0.3) is 10.9 Å². The summed E-state index contributed by atoms with van der Waals surface area (Å²) in [5, 5.41) is 23.4. The minimum Gasteiger partial charge on any atom is -0.395 e. The molecule has 0 aromatic carbocycles. The van der Waals surface area contributed by atoms with E-state index in [1.54, 1.807) is 13.1 Å². The van der Waals surface area contributed by atoms with Crippen LogP contribution < -0.4 is 10.2 Å². The minimum absolute atomic E-state index is 0.221. The summed E-state index contributed by atoms with van der Waals surface area (Å²) in [6.07, 6.45) is 4.37. The maximum atomic E-state index is 10.2. The molecular weight excluding hydrogens is 456 g/mol. The van der Waals surface area contributed by atoms with Crippen molar-refractivity contribution in [1.29, 1.82) is 0 Å². The highest BCUT2D eigenvalue weighted by molar-refractivity contribution is 5.89. The zero-order valence-electron chi connectivity index (χ0n) is 20.7. The van der Waals surface area contributed by atoms with Gasteiger partial charge in [0.1, 0.15) is 11.3 Å². The summed E-state index contributed by atoms with van der Waals surface area (Å²) in [6, 6.07) is 5.93. The van der Waals surface area contributed by atoms with Crippen molar-refractivity contribution >= 4 is 28.5 Å². The molecule has 0 amide bonds. The van der Waals surface area contributed by atoms with Crippen LogP contribution in [0.4, 0.5) is 17.6 Å². The lowest BCUT2D eigenvalue weighted by atomic mass is 10.2. The van der Waals surface area contributed by atoms with Gasteiger partial charge in [0.15, 0.2) is 5.82 Å². The van der Waals surface area contributed by atoms with E-state index in [9.17, 15) is 5.11 Å². The molecule has 36 heavy (non-hydrogen) atoms. The monoisotopic (exact) mass is 490 g/mol. The Kier molecular flexibility index (Phi) is 6.43. The molecule has 3 fully saturated rings. The molecule has 3 N–H and O–H groups in total. The third-order valence-corrected chi connectivity index (χ3v) is 7.63. The van der Waals surface area contributed by atoms with Crippen LogP contribution >= 0.6 is 0 Å². The van der Waals surface area contributed by atoms with Crippen LogP contribution in [-0.2, 0) is 6.54 Å². The molecule has 0 spiro atoms. The zero-order chi connectivity index (χ0) is 24.6. The summed E-state index contributed by atoms with van der Waals surface area (Å²) in [7, 11) is 0. The lowest BCUT2D eigenvalue weighted by molar-refractivity contribution is 0.108. The summed E-state index contributed by atoms with van der Waals surface area (Å²) in [5.74, 6) is 3.55. The quantitative estimate of drug-likeness (QED) is 0.432. The smallest absolute Gasteiger partial charge is 0.229 e. The maximum absolute atomic E-state index is 10.2. The number of anilines is 3. The number of aliphatic hydroxyl groups excluding tert-OH is 2. The molecule has 2 aliphatic heterocycles. The van der Waals surface area contributed by atoms with Crippen molar-refractivity contribution in [1.82, 2.24) is 29.7 Å². The number of rotatable bonds is 8. The second-order valence-electron chi connectivity index (χ2n) is 10.4. The molecule has 3 atom stereocenters. The Morgan fingerprint density at radius 3 is 2.50 bits per heavy atom. The second-order valence-corrected chi connectivity index (χ2v) is 10.4. The molecule has 3 unspecified atom stereocenters. The summed E-state index contributed by atoms with van der Waals surface area (Å²) >= 11 is 0. The minimum atomic E-state index is -0.643. The van der Waals surface area contributed by atoms with E-state index in [0.717, 1.165) is 80.9 Å². The van der Waals surface area contributed by atoms with Crippen LogP contribution in [0.1, 0.15) is 30.7 Å². The fraction of sp³-hybridized carbons (Fsp3) is 0.538. The fourth-order valence-corrected chi connectivity index (χ4v) is 5.39. The first-order valence-corrected chi connectivity index (χ1v) is 12.9. The zero-order valence-corrected chi connectivity index (χ0v) is 20.7. The van der Waals surface area contributed by atoms with Gasteiger partial charge in [-0.1, -0.05) is 6.07 Å². The molecule has 3 aromatic heterocycles. The van der Waals surface area contributed by atoms with Gasteiger partial charge in [0.2, 0.25) is 5.95 Å². The average Bonchev–Trinajstić information content (AvgIpc) is 3.50. The van der Waals surface area contributed by atoms with Gasteiger partial charge < -0.3 is 20.4 Å². The molecule has 1 saturated carbocycles. The van der Waals surface area contributed by atoms with Gasteiger partial charge in [-0.15, -0.1) is 0 Å². The van der Waals surface area contributed by atoms with E-state index in [2.05, 4.69) is 36.1 Å². The van der Waals surface area contributed by atoms with Crippen LogP contribution in [0.3, 0.4) is 0 Å². The number of nitrogens with zero attached hydrogens (tertiary/aromatic N) is 7. The van der Waals surface area contributed by atoms with Gasteiger partial charge in [-0.05, 0) is 42.9 Å². The fourth-order valence-electron chi connectivity index (χ4n) is 5.39. The third-order valence-electron chi connectivity index (χ3n) is 7.63. The summed E-state index contributed by atoms with van der Waals surface area (Å²) in [4.78, 5) is 25.7. The molecule has 3 aromatic rings. The van der Waals surface area contributed by atoms with Crippen molar-refractivity contribution in [2.24, 2.45) is 11.8 Å². The van der Waals surface area contributed by atoms with Gasteiger partial charge >= 0.3 is 0 Å². The highest BCUT2D eigenvalue weighted by atomic mass is 16.3. The van der Waals surface area contributed by atoms with Gasteiger partial charge in [0.25, 0.3) is 0 Å². The Hall–Kier alpha value is -2.92. The van der Waals surface area contributed by atoms with Gasteiger partial charge in [-0.2, -0.15) is 0 Å². The standard InChI is InChI=1S/C26H34N8O2/c1-17(36)22-11-19-13-28-26(31-24(19)25(29-22)34-15-20-10-21(20)16-34)30-23-3-2-18(12-27-23)14-33-6-4-32(5-7-33)8-9-35/h2-3,11-13,17,20-21,35-36H,4-10,14-16H2,1H3,(H,27,28,30,31). The molecular formula is C26H34N8O2. The number of hydrogen-bond donors (Lipinski definition) is 3. The number of β-amino-alcohol motifs (C(OH)–C–C–N with tert-alkyl or cyclic N) is 1. The van der Waals surface area contributed by atoms with Crippen molar-refractivity contribution < 1.29 is 10.2 Å². The molecule has 0 radical (unpaired) electrons. The number of hydrogen-bond acceptors (Lipinski definition) is 10. The third kappa shape index (κ3) is 4.99. The van der Waals surface area contributed by atoms with Crippen molar-refractivity contribution in [3.05, 3.63) is 41.9 Å². The lowest BCUT2D eigenvalue weighted by Gasteiger charge is -2.34. The molecule has 2 saturated heterocycles. The van der Waals surface area contributed by atoms with Gasteiger partial charge in [0, 0.05) is 70.1 Å². The number of fused-ring (bicyclic) bond motifs is 2. The number of piperidine rings is 1. The molecule has 190 valence electrons. The van der Waals surface area contributed by atoms with Crippen molar-refractivity contribution in [2.75, 3.05) is 62.6 Å². The van der Waals surface area contributed by atoms with Crippen molar-refractivity contribution in [3.63, 3.8) is 0 Å². The van der Waals surface area contributed by atoms with Crippen molar-refractivity contribution in [2.45, 2.75) is 26.0 Å². The number of aromatic nitrogens is 4. The van der Waals surface area contributed by atoms with Crippen LogP contribution in [0.5, 0.6) is 0 Å². The van der Waals surface area contributed by atoms with Crippen LogP contribution in [0.2, 0.25) is 0 Å². The van der Waals surface area contributed by atoms with Crippen LogP contribution in [-0.4, -0.2) is 92.4 Å². The Balaban J connectivity index is 1.16. The average molecular weight is 491 g/mol. The predicted octanol–water partition coefficient (Wildman–Crippen LogP) is 1.78. The molecule has 3 aliphatic rings. The normalized spacial score (nSPS) is 23.1. The van der Waals surface area contributed by atoms with E-state index in [1.807, 2.05) is 18.3 Å². The number of pyridine rings is 2. The largest absolute Gasteiger partial charge is 0.395 e. The molecule has 5 heterocycles.